The van der Waals surface area contributed by atoms with E-state index in [-0.39, 0.29) is 18.2 Å². The number of alkyl carbamates (subject to hydrolysis) is 1. The summed E-state index contributed by atoms with van der Waals surface area (Å²) in [5.74, 6) is 0. The maximum absolute atomic E-state index is 12.5. The van der Waals surface area contributed by atoms with Crippen LogP contribution in [0.5, 0.6) is 0 Å². The van der Waals surface area contributed by atoms with Crippen molar-refractivity contribution in [3.8, 4) is 0 Å². The van der Waals surface area contributed by atoms with Gasteiger partial charge in [0.1, 0.15) is 12.2 Å². The summed E-state index contributed by atoms with van der Waals surface area (Å²) in [4.78, 5) is 28.8. The van der Waals surface area contributed by atoms with E-state index in [0.717, 1.165) is 50.9 Å². The third kappa shape index (κ3) is 6.90. The van der Waals surface area contributed by atoms with E-state index in [2.05, 4.69) is 10.2 Å². The fourth-order valence-corrected chi connectivity index (χ4v) is 4.15. The minimum Gasteiger partial charge on any atom is -0.445 e. The van der Waals surface area contributed by atoms with E-state index in [1.54, 1.807) is 0 Å². The summed E-state index contributed by atoms with van der Waals surface area (Å²) in [7, 11) is 0. The fourth-order valence-electron chi connectivity index (χ4n) is 4.15. The molecular weight excluding hydrogens is 382 g/mol. The molecule has 0 radical (unpaired) electrons. The molecule has 0 spiro atoms. The van der Waals surface area contributed by atoms with Crippen molar-refractivity contribution in [2.75, 3.05) is 26.2 Å². The molecule has 1 aromatic rings. The number of ether oxygens (including phenoxy) is 2. The normalized spacial score (nSPS) is 23.0. The molecule has 1 aromatic carbocycles. The zero-order valence-corrected chi connectivity index (χ0v) is 18.4. The molecule has 2 amide bonds. The van der Waals surface area contributed by atoms with Crippen molar-refractivity contribution in [3.63, 3.8) is 0 Å². The van der Waals surface area contributed by atoms with E-state index in [1.807, 2.05) is 56.0 Å². The second kappa shape index (κ2) is 10.2. The standard InChI is InChI=1S/C23H35N3O4/c1-23(2,3)30-21(27)24-19-11-14-26(16-19)20-10-7-13-25(15-12-20)22(28)29-17-18-8-5-4-6-9-18/h4-6,8-9,19-20H,7,10-17H2,1-3H3,(H,24,27)/t19-,20?/m1/s1. The summed E-state index contributed by atoms with van der Waals surface area (Å²) in [6.07, 6.45) is 3.30. The first-order valence-electron chi connectivity index (χ1n) is 11.0. The van der Waals surface area contributed by atoms with Gasteiger partial charge in [-0.15, -0.1) is 0 Å². The summed E-state index contributed by atoms with van der Waals surface area (Å²) >= 11 is 0. The molecule has 0 aromatic heterocycles. The van der Waals surface area contributed by atoms with Gasteiger partial charge in [0.25, 0.3) is 0 Å². The first kappa shape index (κ1) is 22.4. The Morgan fingerprint density at radius 3 is 2.57 bits per heavy atom. The Morgan fingerprint density at radius 1 is 1.07 bits per heavy atom. The van der Waals surface area contributed by atoms with Crippen LogP contribution in [0.2, 0.25) is 0 Å². The van der Waals surface area contributed by atoms with Crippen LogP contribution in [0.4, 0.5) is 9.59 Å². The number of amides is 2. The highest BCUT2D eigenvalue weighted by molar-refractivity contribution is 5.68. The molecule has 0 bridgehead atoms. The van der Waals surface area contributed by atoms with Gasteiger partial charge < -0.3 is 19.7 Å². The Balaban J connectivity index is 1.41. The van der Waals surface area contributed by atoms with Gasteiger partial charge in [0.2, 0.25) is 0 Å². The quantitative estimate of drug-likeness (QED) is 0.807. The molecule has 2 heterocycles. The molecule has 30 heavy (non-hydrogen) atoms. The number of rotatable bonds is 4. The number of likely N-dealkylation sites (tertiary alicyclic amines) is 2. The minimum absolute atomic E-state index is 0.120. The Bertz CT molecular complexity index is 704. The predicted molar refractivity (Wildman–Crippen MR) is 115 cm³/mol. The van der Waals surface area contributed by atoms with Gasteiger partial charge in [0, 0.05) is 38.3 Å². The third-order valence-electron chi connectivity index (χ3n) is 5.62. The van der Waals surface area contributed by atoms with Gasteiger partial charge in [0.15, 0.2) is 0 Å². The first-order valence-corrected chi connectivity index (χ1v) is 11.0. The largest absolute Gasteiger partial charge is 0.445 e. The maximum Gasteiger partial charge on any atom is 0.410 e. The van der Waals surface area contributed by atoms with Crippen LogP contribution in [-0.4, -0.2) is 65.9 Å². The van der Waals surface area contributed by atoms with Crippen LogP contribution >= 0.6 is 0 Å². The van der Waals surface area contributed by atoms with E-state index in [9.17, 15) is 9.59 Å². The lowest BCUT2D eigenvalue weighted by Gasteiger charge is -2.27. The van der Waals surface area contributed by atoms with Crippen molar-refractivity contribution in [2.24, 2.45) is 0 Å². The van der Waals surface area contributed by atoms with E-state index in [4.69, 9.17) is 9.47 Å². The maximum atomic E-state index is 12.5. The highest BCUT2D eigenvalue weighted by atomic mass is 16.6. The van der Waals surface area contributed by atoms with Gasteiger partial charge in [-0.05, 0) is 52.0 Å². The molecule has 2 aliphatic heterocycles. The highest BCUT2D eigenvalue weighted by Gasteiger charge is 2.32. The number of nitrogens with zero attached hydrogens (tertiary/aromatic N) is 2. The number of carbonyl (C=O) groups excluding carboxylic acids is 2. The van der Waals surface area contributed by atoms with Gasteiger partial charge >= 0.3 is 12.2 Å². The zero-order valence-electron chi connectivity index (χ0n) is 18.4. The molecule has 1 unspecified atom stereocenters. The Kier molecular flexibility index (Phi) is 7.58. The van der Waals surface area contributed by atoms with Crippen molar-refractivity contribution in [2.45, 2.75) is 70.7 Å². The molecule has 1 N–H and O–H groups in total. The average Bonchev–Trinajstić information content (AvgIpc) is 3.00. The van der Waals surface area contributed by atoms with Crippen molar-refractivity contribution >= 4 is 12.2 Å². The number of benzene rings is 1. The molecule has 2 aliphatic rings. The lowest BCUT2D eigenvalue weighted by molar-refractivity contribution is 0.0503. The number of nitrogens with one attached hydrogen (secondary N) is 1. The van der Waals surface area contributed by atoms with Crippen molar-refractivity contribution in [3.05, 3.63) is 35.9 Å². The lowest BCUT2D eigenvalue weighted by Crippen LogP contribution is -2.42. The summed E-state index contributed by atoms with van der Waals surface area (Å²) in [5, 5.41) is 2.99. The number of hydrogen-bond acceptors (Lipinski definition) is 5. The van der Waals surface area contributed by atoms with Gasteiger partial charge in [-0.25, -0.2) is 9.59 Å². The molecule has 0 aliphatic carbocycles. The van der Waals surface area contributed by atoms with Gasteiger partial charge in [-0.1, -0.05) is 30.3 Å². The molecule has 2 saturated heterocycles. The van der Waals surface area contributed by atoms with Crippen LogP contribution in [0.1, 0.15) is 52.0 Å². The van der Waals surface area contributed by atoms with Gasteiger partial charge in [-0.2, -0.15) is 0 Å². The van der Waals surface area contributed by atoms with Crippen LogP contribution < -0.4 is 5.32 Å². The smallest absolute Gasteiger partial charge is 0.410 e. The fraction of sp³-hybridized carbons (Fsp3) is 0.652. The topological polar surface area (TPSA) is 71.1 Å². The third-order valence-corrected chi connectivity index (χ3v) is 5.62. The minimum atomic E-state index is -0.484. The average molecular weight is 418 g/mol. The van der Waals surface area contributed by atoms with Crippen LogP contribution in [0.25, 0.3) is 0 Å². The van der Waals surface area contributed by atoms with Crippen molar-refractivity contribution in [1.82, 2.24) is 15.1 Å². The second-order valence-electron chi connectivity index (χ2n) is 9.24. The molecule has 2 atom stereocenters. The number of hydrogen-bond donors (Lipinski definition) is 1. The highest BCUT2D eigenvalue weighted by Crippen LogP contribution is 2.22. The lowest BCUT2D eigenvalue weighted by atomic mass is 10.1. The number of carbonyl (C=O) groups is 2. The summed E-state index contributed by atoms with van der Waals surface area (Å²) in [6.45, 7) is 9.16. The van der Waals surface area contributed by atoms with Crippen molar-refractivity contribution in [1.29, 1.82) is 0 Å². The van der Waals surface area contributed by atoms with Crippen LogP contribution in [-0.2, 0) is 16.1 Å². The SMILES string of the molecule is CC(C)(C)OC(=O)N[C@@H]1CCN(C2CCCN(C(=O)OCc3ccccc3)CC2)C1. The summed E-state index contributed by atoms with van der Waals surface area (Å²) < 4.78 is 10.9. The summed E-state index contributed by atoms with van der Waals surface area (Å²) in [6, 6.07) is 10.3. The Labute approximate surface area is 179 Å². The van der Waals surface area contributed by atoms with Gasteiger partial charge in [0.05, 0.1) is 0 Å². The van der Waals surface area contributed by atoms with Crippen LogP contribution in [0, 0.1) is 0 Å². The molecule has 166 valence electrons. The van der Waals surface area contributed by atoms with Crippen LogP contribution in [0.15, 0.2) is 30.3 Å². The molecule has 2 fully saturated rings. The molecule has 7 nitrogen and oxygen atoms in total. The monoisotopic (exact) mass is 417 g/mol. The molecule has 0 saturated carbocycles. The summed E-state index contributed by atoms with van der Waals surface area (Å²) in [5.41, 5.74) is 0.515. The zero-order chi connectivity index (χ0) is 21.6. The van der Waals surface area contributed by atoms with E-state index < -0.39 is 5.60 Å². The Morgan fingerprint density at radius 2 is 1.83 bits per heavy atom. The first-order chi connectivity index (χ1) is 14.3. The van der Waals surface area contributed by atoms with Crippen LogP contribution in [0.3, 0.4) is 0 Å². The van der Waals surface area contributed by atoms with Crippen molar-refractivity contribution < 1.29 is 19.1 Å². The van der Waals surface area contributed by atoms with Gasteiger partial charge in [-0.3, -0.25) is 4.90 Å². The van der Waals surface area contributed by atoms with E-state index in [1.165, 1.54) is 0 Å². The van der Waals surface area contributed by atoms with E-state index in [0.29, 0.717) is 19.2 Å². The Hall–Kier alpha value is -2.28. The molecule has 3 rings (SSSR count). The second-order valence-corrected chi connectivity index (χ2v) is 9.24. The van der Waals surface area contributed by atoms with E-state index >= 15 is 0 Å². The molecule has 7 heteroatoms. The molecular formula is C23H35N3O4. The predicted octanol–water partition coefficient (Wildman–Crippen LogP) is 3.78.